The van der Waals surface area contributed by atoms with Gasteiger partial charge in [0.2, 0.25) is 0 Å². The highest BCUT2D eigenvalue weighted by atomic mass is 15.0. The molecule has 0 aromatic heterocycles. The Morgan fingerprint density at radius 2 is 1.48 bits per heavy atom. The summed E-state index contributed by atoms with van der Waals surface area (Å²) in [5, 5.41) is 9.86. The number of hydrogen-bond acceptors (Lipinski definition) is 2. The minimum absolute atomic E-state index is 0.347. The SMILES string of the molecule is C[C@H](CNCCN[C@@H](C)c1cccc2ccccc12)c1ccccc1. The molecular weight excluding hydrogens is 304 g/mol. The molecule has 0 unspecified atom stereocenters. The van der Waals surface area contributed by atoms with E-state index in [0.29, 0.717) is 12.0 Å². The maximum absolute atomic E-state index is 3.64. The van der Waals surface area contributed by atoms with Crippen LogP contribution in [0.25, 0.3) is 10.8 Å². The summed E-state index contributed by atoms with van der Waals surface area (Å²) >= 11 is 0. The number of rotatable bonds is 8. The van der Waals surface area contributed by atoms with Gasteiger partial charge in [-0.3, -0.25) is 0 Å². The van der Waals surface area contributed by atoms with E-state index in [1.165, 1.54) is 21.9 Å². The highest BCUT2D eigenvalue weighted by Crippen LogP contribution is 2.23. The molecular formula is C23H28N2. The molecule has 0 amide bonds. The third-order valence-electron chi connectivity index (χ3n) is 4.86. The van der Waals surface area contributed by atoms with Gasteiger partial charge in [-0.25, -0.2) is 0 Å². The first-order valence-electron chi connectivity index (χ1n) is 9.22. The Labute approximate surface area is 151 Å². The normalized spacial score (nSPS) is 13.7. The molecule has 3 aromatic carbocycles. The summed E-state index contributed by atoms with van der Waals surface area (Å²) in [4.78, 5) is 0. The van der Waals surface area contributed by atoms with Gasteiger partial charge in [0, 0.05) is 25.7 Å². The third-order valence-corrected chi connectivity index (χ3v) is 4.86. The van der Waals surface area contributed by atoms with Crippen molar-refractivity contribution in [2.24, 2.45) is 0 Å². The number of nitrogens with one attached hydrogen (secondary N) is 2. The van der Waals surface area contributed by atoms with Crippen LogP contribution < -0.4 is 10.6 Å². The lowest BCUT2D eigenvalue weighted by Crippen LogP contribution is -2.31. The molecule has 2 heteroatoms. The van der Waals surface area contributed by atoms with Crippen molar-refractivity contribution < 1.29 is 0 Å². The second-order valence-electron chi connectivity index (χ2n) is 6.76. The van der Waals surface area contributed by atoms with E-state index in [4.69, 9.17) is 0 Å². The zero-order valence-electron chi connectivity index (χ0n) is 15.2. The van der Waals surface area contributed by atoms with Crippen LogP contribution in [0.2, 0.25) is 0 Å². The van der Waals surface area contributed by atoms with E-state index < -0.39 is 0 Å². The van der Waals surface area contributed by atoms with Gasteiger partial charge < -0.3 is 10.6 Å². The average molecular weight is 332 g/mol. The Balaban J connectivity index is 1.46. The highest BCUT2D eigenvalue weighted by Gasteiger charge is 2.08. The van der Waals surface area contributed by atoms with Crippen LogP contribution >= 0.6 is 0 Å². The van der Waals surface area contributed by atoms with Crippen LogP contribution in [0.3, 0.4) is 0 Å². The van der Waals surface area contributed by atoms with Crippen LogP contribution in [0, 0.1) is 0 Å². The predicted octanol–water partition coefficient (Wildman–Crippen LogP) is 4.88. The lowest BCUT2D eigenvalue weighted by atomic mass is 10.00. The second-order valence-corrected chi connectivity index (χ2v) is 6.76. The Hall–Kier alpha value is -2.16. The van der Waals surface area contributed by atoms with Crippen molar-refractivity contribution in [1.29, 1.82) is 0 Å². The van der Waals surface area contributed by atoms with Gasteiger partial charge in [0.25, 0.3) is 0 Å². The zero-order chi connectivity index (χ0) is 17.5. The summed E-state index contributed by atoms with van der Waals surface area (Å²) in [7, 11) is 0. The van der Waals surface area contributed by atoms with E-state index >= 15 is 0 Å². The fraction of sp³-hybridized carbons (Fsp3) is 0.304. The van der Waals surface area contributed by atoms with E-state index in [1.807, 2.05) is 0 Å². The van der Waals surface area contributed by atoms with Crippen LogP contribution in [0.15, 0.2) is 72.8 Å². The van der Waals surface area contributed by atoms with Gasteiger partial charge in [0.1, 0.15) is 0 Å². The molecule has 25 heavy (non-hydrogen) atoms. The quantitative estimate of drug-likeness (QED) is 0.574. The number of hydrogen-bond donors (Lipinski definition) is 2. The molecule has 0 aliphatic carbocycles. The van der Waals surface area contributed by atoms with E-state index in [0.717, 1.165) is 19.6 Å². The van der Waals surface area contributed by atoms with Crippen molar-refractivity contribution >= 4 is 10.8 Å². The number of fused-ring (bicyclic) bond motifs is 1. The van der Waals surface area contributed by atoms with Gasteiger partial charge in [0.05, 0.1) is 0 Å². The molecule has 0 fully saturated rings. The van der Waals surface area contributed by atoms with Crippen LogP contribution in [-0.4, -0.2) is 19.6 Å². The third kappa shape index (κ3) is 4.68. The topological polar surface area (TPSA) is 24.1 Å². The van der Waals surface area contributed by atoms with E-state index in [9.17, 15) is 0 Å². The Kier molecular flexibility index (Phi) is 6.21. The van der Waals surface area contributed by atoms with Gasteiger partial charge >= 0.3 is 0 Å². The second kappa shape index (κ2) is 8.80. The minimum atomic E-state index is 0.347. The molecule has 130 valence electrons. The van der Waals surface area contributed by atoms with Crippen molar-refractivity contribution in [3.63, 3.8) is 0 Å². The van der Waals surface area contributed by atoms with Crippen molar-refractivity contribution in [2.45, 2.75) is 25.8 Å². The first-order valence-corrected chi connectivity index (χ1v) is 9.22. The molecule has 0 aliphatic heterocycles. The van der Waals surface area contributed by atoms with Gasteiger partial charge in [-0.2, -0.15) is 0 Å². The molecule has 0 saturated carbocycles. The highest BCUT2D eigenvalue weighted by molar-refractivity contribution is 5.86. The van der Waals surface area contributed by atoms with Crippen molar-refractivity contribution in [3.8, 4) is 0 Å². The summed E-state index contributed by atoms with van der Waals surface area (Å²) in [6.45, 7) is 7.47. The predicted molar refractivity (Wildman–Crippen MR) is 108 cm³/mol. The molecule has 0 saturated heterocycles. The fourth-order valence-electron chi connectivity index (χ4n) is 3.33. The minimum Gasteiger partial charge on any atom is -0.315 e. The van der Waals surface area contributed by atoms with Gasteiger partial charge in [-0.05, 0) is 34.7 Å². The Bertz CT molecular complexity index is 777. The molecule has 0 aliphatic rings. The van der Waals surface area contributed by atoms with Gasteiger partial charge in [-0.1, -0.05) is 79.7 Å². The van der Waals surface area contributed by atoms with Crippen molar-refractivity contribution in [2.75, 3.05) is 19.6 Å². The standard InChI is InChI=1S/C23H28N2/c1-18(20-9-4-3-5-10-20)17-24-15-16-25-19(2)22-14-8-12-21-11-6-7-13-23(21)22/h3-14,18-19,24-25H,15-17H2,1-2H3/t18-,19+/m1/s1. The van der Waals surface area contributed by atoms with Gasteiger partial charge in [0.15, 0.2) is 0 Å². The first-order chi connectivity index (χ1) is 12.3. The zero-order valence-corrected chi connectivity index (χ0v) is 15.2. The summed E-state index contributed by atoms with van der Waals surface area (Å²) in [6.07, 6.45) is 0. The van der Waals surface area contributed by atoms with Crippen molar-refractivity contribution in [3.05, 3.63) is 83.9 Å². The number of benzene rings is 3. The summed E-state index contributed by atoms with van der Waals surface area (Å²) < 4.78 is 0. The van der Waals surface area contributed by atoms with E-state index in [-0.39, 0.29) is 0 Å². The van der Waals surface area contributed by atoms with Crippen molar-refractivity contribution in [1.82, 2.24) is 10.6 Å². The smallest absolute Gasteiger partial charge is 0.0298 e. The van der Waals surface area contributed by atoms with Crippen LogP contribution in [0.5, 0.6) is 0 Å². The Morgan fingerprint density at radius 3 is 2.32 bits per heavy atom. The summed E-state index contributed by atoms with van der Waals surface area (Å²) in [5.41, 5.74) is 2.77. The molecule has 0 heterocycles. The maximum Gasteiger partial charge on any atom is 0.0298 e. The average Bonchev–Trinajstić information content (AvgIpc) is 2.67. The first kappa shape index (κ1) is 17.7. The molecule has 0 spiro atoms. The molecule has 3 rings (SSSR count). The van der Waals surface area contributed by atoms with E-state index in [1.54, 1.807) is 0 Å². The summed E-state index contributed by atoms with van der Waals surface area (Å²) in [6, 6.07) is 26.2. The van der Waals surface area contributed by atoms with Gasteiger partial charge in [-0.15, -0.1) is 0 Å². The lowest BCUT2D eigenvalue weighted by molar-refractivity contribution is 0.535. The van der Waals surface area contributed by atoms with Crippen LogP contribution in [0.4, 0.5) is 0 Å². The molecule has 2 nitrogen and oxygen atoms in total. The Morgan fingerprint density at radius 1 is 0.760 bits per heavy atom. The molecule has 0 bridgehead atoms. The van der Waals surface area contributed by atoms with E-state index in [2.05, 4.69) is 97.3 Å². The summed E-state index contributed by atoms with van der Waals surface area (Å²) in [5.74, 6) is 0.539. The van der Waals surface area contributed by atoms with Crippen LogP contribution in [0.1, 0.15) is 36.9 Å². The molecule has 0 radical (unpaired) electrons. The molecule has 2 atom stereocenters. The van der Waals surface area contributed by atoms with Crippen LogP contribution in [-0.2, 0) is 0 Å². The lowest BCUT2D eigenvalue weighted by Gasteiger charge is -2.18. The maximum atomic E-state index is 3.64. The monoisotopic (exact) mass is 332 g/mol. The fourth-order valence-corrected chi connectivity index (χ4v) is 3.33. The molecule has 2 N–H and O–H groups in total. The molecule has 3 aromatic rings. The largest absolute Gasteiger partial charge is 0.315 e.